The van der Waals surface area contributed by atoms with Crippen molar-refractivity contribution in [2.45, 2.75) is 6.92 Å². The van der Waals surface area contributed by atoms with Gasteiger partial charge < -0.3 is 9.15 Å². The number of hydrogen-bond acceptors (Lipinski definition) is 4. The van der Waals surface area contributed by atoms with E-state index in [4.69, 9.17) is 9.15 Å². The van der Waals surface area contributed by atoms with E-state index >= 15 is 0 Å². The van der Waals surface area contributed by atoms with Crippen molar-refractivity contribution in [3.05, 3.63) is 35.5 Å². The van der Waals surface area contributed by atoms with Gasteiger partial charge in [-0.2, -0.15) is 5.10 Å². The number of aryl methyl sites for hydroxylation is 2. The van der Waals surface area contributed by atoms with Gasteiger partial charge in [-0.3, -0.25) is 9.48 Å². The Kier molecular flexibility index (Phi) is 2.52. The van der Waals surface area contributed by atoms with Crippen LogP contribution in [0, 0.1) is 6.92 Å². The Morgan fingerprint density at radius 3 is 2.88 bits per heavy atom. The zero-order chi connectivity index (χ0) is 11.7. The van der Waals surface area contributed by atoms with Gasteiger partial charge in [0.05, 0.1) is 25.1 Å². The molecule has 0 aromatic carbocycles. The van der Waals surface area contributed by atoms with E-state index in [0.717, 1.165) is 0 Å². The summed E-state index contributed by atoms with van der Waals surface area (Å²) in [7, 11) is 3.21. The number of ether oxygens (including phenoxy) is 1. The lowest BCUT2D eigenvalue weighted by atomic mass is 10.1. The first kappa shape index (κ1) is 10.5. The van der Waals surface area contributed by atoms with E-state index in [1.54, 1.807) is 20.0 Å². The fraction of sp³-hybridized carbons (Fsp3) is 0.273. The van der Waals surface area contributed by atoms with E-state index in [2.05, 4.69) is 5.10 Å². The van der Waals surface area contributed by atoms with Crippen LogP contribution in [0.3, 0.4) is 0 Å². The molecule has 0 unspecified atom stereocenters. The Bertz CT molecular complexity index is 525. The lowest BCUT2D eigenvalue weighted by Gasteiger charge is -2.03. The van der Waals surface area contributed by atoms with Crippen molar-refractivity contribution in [1.29, 1.82) is 0 Å². The molecule has 0 N–H and O–H groups in total. The van der Waals surface area contributed by atoms with Crippen molar-refractivity contribution in [1.82, 2.24) is 9.78 Å². The van der Waals surface area contributed by atoms with Gasteiger partial charge in [0.25, 0.3) is 0 Å². The van der Waals surface area contributed by atoms with E-state index in [9.17, 15) is 4.79 Å². The highest BCUT2D eigenvalue weighted by molar-refractivity contribution is 6.10. The third-order valence-corrected chi connectivity index (χ3v) is 2.44. The van der Waals surface area contributed by atoms with Crippen LogP contribution in [0.2, 0.25) is 0 Å². The molecular formula is C11H12N2O3. The number of carbonyl (C=O) groups is 1. The Labute approximate surface area is 92.6 Å². The molecule has 84 valence electrons. The van der Waals surface area contributed by atoms with E-state index in [0.29, 0.717) is 22.8 Å². The van der Waals surface area contributed by atoms with E-state index in [-0.39, 0.29) is 5.78 Å². The van der Waals surface area contributed by atoms with Gasteiger partial charge in [-0.15, -0.1) is 0 Å². The molecule has 0 fully saturated rings. The summed E-state index contributed by atoms with van der Waals surface area (Å²) in [5.41, 5.74) is 0.953. The number of carbonyl (C=O) groups excluding carboxylic acids is 1. The molecule has 0 aliphatic heterocycles. The summed E-state index contributed by atoms with van der Waals surface area (Å²) in [6.45, 7) is 1.75. The average molecular weight is 220 g/mol. The van der Waals surface area contributed by atoms with Crippen molar-refractivity contribution in [3.63, 3.8) is 0 Å². The molecule has 0 saturated carbocycles. The van der Waals surface area contributed by atoms with Gasteiger partial charge in [0, 0.05) is 7.05 Å². The molecule has 16 heavy (non-hydrogen) atoms. The molecule has 0 bridgehead atoms. The van der Waals surface area contributed by atoms with Gasteiger partial charge in [-0.05, 0) is 13.0 Å². The quantitative estimate of drug-likeness (QED) is 0.736. The summed E-state index contributed by atoms with van der Waals surface area (Å²) in [6.07, 6.45) is 3.01. The summed E-state index contributed by atoms with van der Waals surface area (Å²) in [4.78, 5) is 12.2. The molecule has 0 radical (unpaired) electrons. The highest BCUT2D eigenvalue weighted by Gasteiger charge is 2.21. The summed E-state index contributed by atoms with van der Waals surface area (Å²) in [6, 6.07) is 1.64. The SMILES string of the molecule is COc1cnn(C)c1C(=O)c1ccoc1C. The number of methoxy groups -OCH3 is 1. The molecule has 0 aliphatic rings. The summed E-state index contributed by atoms with van der Waals surface area (Å²) < 4.78 is 11.7. The molecule has 5 nitrogen and oxygen atoms in total. The van der Waals surface area contributed by atoms with Crippen molar-refractivity contribution in [2.24, 2.45) is 7.05 Å². The monoisotopic (exact) mass is 220 g/mol. The van der Waals surface area contributed by atoms with E-state index < -0.39 is 0 Å². The third-order valence-electron chi connectivity index (χ3n) is 2.44. The second kappa shape index (κ2) is 3.84. The van der Waals surface area contributed by atoms with Crippen molar-refractivity contribution in [3.8, 4) is 5.75 Å². The number of aromatic nitrogens is 2. The highest BCUT2D eigenvalue weighted by atomic mass is 16.5. The number of rotatable bonds is 3. The smallest absolute Gasteiger partial charge is 0.218 e. The minimum absolute atomic E-state index is 0.150. The highest BCUT2D eigenvalue weighted by Crippen LogP contribution is 2.22. The van der Waals surface area contributed by atoms with Crippen LogP contribution in [0.25, 0.3) is 0 Å². The lowest BCUT2D eigenvalue weighted by Crippen LogP contribution is -2.09. The maximum absolute atomic E-state index is 12.2. The van der Waals surface area contributed by atoms with Crippen molar-refractivity contribution >= 4 is 5.78 Å². The average Bonchev–Trinajstić information content (AvgIpc) is 2.83. The predicted molar refractivity (Wildman–Crippen MR) is 56.6 cm³/mol. The van der Waals surface area contributed by atoms with Crippen LogP contribution in [0.1, 0.15) is 21.8 Å². The normalized spacial score (nSPS) is 10.4. The van der Waals surface area contributed by atoms with Crippen molar-refractivity contribution < 1.29 is 13.9 Å². The molecule has 2 aromatic heterocycles. The zero-order valence-electron chi connectivity index (χ0n) is 9.35. The van der Waals surface area contributed by atoms with Gasteiger partial charge in [0.15, 0.2) is 11.4 Å². The van der Waals surface area contributed by atoms with Crippen LogP contribution in [-0.2, 0) is 7.05 Å². The first-order valence-corrected chi connectivity index (χ1v) is 4.80. The van der Waals surface area contributed by atoms with E-state index in [1.807, 2.05) is 0 Å². The lowest BCUT2D eigenvalue weighted by molar-refractivity contribution is 0.102. The standard InChI is InChI=1S/C11H12N2O3/c1-7-8(4-5-16-7)11(14)10-9(15-3)6-12-13(10)2/h4-6H,1-3H3. The zero-order valence-corrected chi connectivity index (χ0v) is 9.35. The molecule has 2 heterocycles. The first-order chi connectivity index (χ1) is 7.65. The summed E-state index contributed by atoms with van der Waals surface area (Å²) >= 11 is 0. The van der Waals surface area contributed by atoms with E-state index in [1.165, 1.54) is 24.3 Å². The maximum atomic E-state index is 12.2. The van der Waals surface area contributed by atoms with Crippen LogP contribution < -0.4 is 4.74 Å². The van der Waals surface area contributed by atoms with Crippen LogP contribution >= 0.6 is 0 Å². The fourth-order valence-corrected chi connectivity index (χ4v) is 1.57. The fourth-order valence-electron chi connectivity index (χ4n) is 1.57. The largest absolute Gasteiger partial charge is 0.493 e. The van der Waals surface area contributed by atoms with Gasteiger partial charge in [0.2, 0.25) is 5.78 Å². The van der Waals surface area contributed by atoms with Crippen LogP contribution in [0.4, 0.5) is 0 Å². The minimum Gasteiger partial charge on any atom is -0.493 e. The predicted octanol–water partition coefficient (Wildman–Crippen LogP) is 1.56. The third kappa shape index (κ3) is 1.50. The molecular weight excluding hydrogens is 208 g/mol. The Morgan fingerprint density at radius 2 is 2.31 bits per heavy atom. The first-order valence-electron chi connectivity index (χ1n) is 4.80. The summed E-state index contributed by atoms with van der Waals surface area (Å²) in [5, 5.41) is 3.99. The number of nitrogens with zero attached hydrogens (tertiary/aromatic N) is 2. The van der Waals surface area contributed by atoms with Crippen molar-refractivity contribution in [2.75, 3.05) is 7.11 Å². The maximum Gasteiger partial charge on any atom is 0.218 e. The van der Waals surface area contributed by atoms with Crippen LogP contribution in [-0.4, -0.2) is 22.7 Å². The van der Waals surface area contributed by atoms with Crippen LogP contribution in [0.15, 0.2) is 22.9 Å². The Morgan fingerprint density at radius 1 is 1.56 bits per heavy atom. The van der Waals surface area contributed by atoms with Gasteiger partial charge in [-0.25, -0.2) is 0 Å². The molecule has 2 aromatic rings. The van der Waals surface area contributed by atoms with Gasteiger partial charge in [-0.1, -0.05) is 0 Å². The number of hydrogen-bond donors (Lipinski definition) is 0. The molecule has 0 atom stereocenters. The summed E-state index contributed by atoms with van der Waals surface area (Å²) in [5.74, 6) is 0.907. The molecule has 0 amide bonds. The molecule has 0 spiro atoms. The molecule has 5 heteroatoms. The second-order valence-electron chi connectivity index (χ2n) is 3.40. The number of ketones is 1. The second-order valence-corrected chi connectivity index (χ2v) is 3.40. The Hall–Kier alpha value is -2.04. The Balaban J connectivity index is 2.49. The molecule has 0 aliphatic carbocycles. The minimum atomic E-state index is -0.150. The topological polar surface area (TPSA) is 57.3 Å². The van der Waals surface area contributed by atoms with Gasteiger partial charge in [0.1, 0.15) is 5.76 Å². The number of furan rings is 1. The van der Waals surface area contributed by atoms with Gasteiger partial charge >= 0.3 is 0 Å². The molecule has 2 rings (SSSR count). The molecule has 0 saturated heterocycles. The van der Waals surface area contributed by atoms with Crippen LogP contribution in [0.5, 0.6) is 5.75 Å².